The maximum Gasteiger partial charge on any atom is 0.219 e. The average molecular weight is 314 g/mol. The van der Waals surface area contributed by atoms with Crippen molar-refractivity contribution < 1.29 is 4.74 Å². The lowest BCUT2D eigenvalue weighted by molar-refractivity contribution is 0.462. The highest BCUT2D eigenvalue weighted by Crippen LogP contribution is 2.26. The number of halogens is 2. The number of nitrogens with two attached hydrogens (primary N) is 1. The van der Waals surface area contributed by atoms with Gasteiger partial charge in [0.2, 0.25) is 5.88 Å². The molecular formula is C12H10BrClN2O. The van der Waals surface area contributed by atoms with Crippen molar-refractivity contribution >= 4 is 27.5 Å². The highest BCUT2D eigenvalue weighted by atomic mass is 79.9. The molecule has 1 aromatic carbocycles. The van der Waals surface area contributed by atoms with Gasteiger partial charge in [-0.2, -0.15) is 0 Å². The average Bonchev–Trinajstić information content (AvgIpc) is 2.32. The van der Waals surface area contributed by atoms with Gasteiger partial charge in [0.15, 0.2) is 0 Å². The topological polar surface area (TPSA) is 48.1 Å². The van der Waals surface area contributed by atoms with E-state index < -0.39 is 0 Å². The molecule has 2 aromatic rings. The van der Waals surface area contributed by atoms with E-state index in [-0.39, 0.29) is 0 Å². The minimum Gasteiger partial charge on any atom is -0.439 e. The van der Waals surface area contributed by atoms with E-state index in [1.165, 1.54) is 0 Å². The molecule has 0 spiro atoms. The highest BCUT2D eigenvalue weighted by molar-refractivity contribution is 9.10. The van der Waals surface area contributed by atoms with E-state index in [0.717, 1.165) is 10.0 Å². The Kier molecular flexibility index (Phi) is 3.99. The number of aromatic nitrogens is 1. The number of hydrogen-bond donors (Lipinski definition) is 1. The summed E-state index contributed by atoms with van der Waals surface area (Å²) in [5.41, 5.74) is 6.42. The standard InChI is InChI=1S/C12H10BrClN2O/c13-9-2-4-12(16-7-9)17-10-3-1-8(6-15)11(14)5-10/h1-5,7H,6,15H2. The molecule has 88 valence electrons. The first-order chi connectivity index (χ1) is 8.19. The second kappa shape index (κ2) is 5.49. The van der Waals surface area contributed by atoms with Gasteiger partial charge in [-0.1, -0.05) is 17.7 Å². The van der Waals surface area contributed by atoms with Crippen LogP contribution >= 0.6 is 27.5 Å². The molecule has 1 heterocycles. The van der Waals surface area contributed by atoms with Crippen molar-refractivity contribution in [3.8, 4) is 11.6 Å². The number of benzene rings is 1. The summed E-state index contributed by atoms with van der Waals surface area (Å²) >= 11 is 9.34. The van der Waals surface area contributed by atoms with Crippen LogP contribution < -0.4 is 10.5 Å². The molecule has 0 atom stereocenters. The summed E-state index contributed by atoms with van der Waals surface area (Å²) in [5.74, 6) is 1.16. The van der Waals surface area contributed by atoms with Crippen molar-refractivity contribution in [1.29, 1.82) is 0 Å². The van der Waals surface area contributed by atoms with Crippen molar-refractivity contribution in [2.24, 2.45) is 5.73 Å². The maximum absolute atomic E-state index is 6.03. The van der Waals surface area contributed by atoms with Crippen molar-refractivity contribution in [2.45, 2.75) is 6.54 Å². The molecule has 0 fully saturated rings. The van der Waals surface area contributed by atoms with Crippen LogP contribution in [0.3, 0.4) is 0 Å². The highest BCUT2D eigenvalue weighted by Gasteiger charge is 2.03. The molecule has 0 aliphatic heterocycles. The largest absolute Gasteiger partial charge is 0.439 e. The van der Waals surface area contributed by atoms with E-state index in [1.807, 2.05) is 18.2 Å². The molecule has 0 amide bonds. The predicted octanol–water partition coefficient (Wildman–Crippen LogP) is 3.75. The van der Waals surface area contributed by atoms with E-state index >= 15 is 0 Å². The van der Waals surface area contributed by atoms with Gasteiger partial charge in [-0.3, -0.25) is 0 Å². The monoisotopic (exact) mass is 312 g/mol. The molecule has 17 heavy (non-hydrogen) atoms. The Morgan fingerprint density at radius 1 is 1.29 bits per heavy atom. The minimum absolute atomic E-state index is 0.412. The fourth-order valence-electron chi connectivity index (χ4n) is 1.30. The predicted molar refractivity (Wildman–Crippen MR) is 71.4 cm³/mol. The van der Waals surface area contributed by atoms with E-state index in [0.29, 0.717) is 23.2 Å². The quantitative estimate of drug-likeness (QED) is 0.939. The van der Waals surface area contributed by atoms with Gasteiger partial charge in [0.25, 0.3) is 0 Å². The second-order valence-electron chi connectivity index (χ2n) is 3.37. The molecule has 0 aliphatic carbocycles. The van der Waals surface area contributed by atoms with Crippen molar-refractivity contribution in [2.75, 3.05) is 0 Å². The van der Waals surface area contributed by atoms with Crippen molar-refractivity contribution in [3.63, 3.8) is 0 Å². The number of hydrogen-bond acceptors (Lipinski definition) is 3. The molecule has 2 rings (SSSR count). The van der Waals surface area contributed by atoms with Gasteiger partial charge in [0.1, 0.15) is 5.75 Å². The summed E-state index contributed by atoms with van der Waals surface area (Å²) in [6.07, 6.45) is 1.67. The Balaban J connectivity index is 2.19. The van der Waals surface area contributed by atoms with Gasteiger partial charge in [-0.05, 0) is 39.7 Å². The lowest BCUT2D eigenvalue weighted by atomic mass is 10.2. The smallest absolute Gasteiger partial charge is 0.219 e. The molecule has 0 bridgehead atoms. The molecule has 0 radical (unpaired) electrons. The zero-order valence-electron chi connectivity index (χ0n) is 8.86. The fourth-order valence-corrected chi connectivity index (χ4v) is 1.78. The number of nitrogens with zero attached hydrogens (tertiary/aromatic N) is 1. The summed E-state index contributed by atoms with van der Waals surface area (Å²) in [4.78, 5) is 4.11. The van der Waals surface area contributed by atoms with Crippen LogP contribution in [-0.4, -0.2) is 4.98 Å². The summed E-state index contributed by atoms with van der Waals surface area (Å²) in [6.45, 7) is 0.412. The molecule has 0 saturated heterocycles. The first kappa shape index (κ1) is 12.4. The van der Waals surface area contributed by atoms with E-state index in [1.54, 1.807) is 18.3 Å². The summed E-state index contributed by atoms with van der Waals surface area (Å²) in [7, 11) is 0. The van der Waals surface area contributed by atoms with Crippen LogP contribution in [0.2, 0.25) is 5.02 Å². The summed E-state index contributed by atoms with van der Waals surface area (Å²) in [5, 5.41) is 0.599. The molecule has 5 heteroatoms. The molecule has 0 aliphatic rings. The SMILES string of the molecule is NCc1ccc(Oc2ccc(Br)cn2)cc1Cl. The number of rotatable bonds is 3. The van der Waals surface area contributed by atoms with Crippen molar-refractivity contribution in [3.05, 3.63) is 51.6 Å². The van der Waals surface area contributed by atoms with E-state index in [4.69, 9.17) is 22.1 Å². The van der Waals surface area contributed by atoms with Crippen LogP contribution in [0, 0.1) is 0 Å². The third kappa shape index (κ3) is 3.19. The third-order valence-electron chi connectivity index (χ3n) is 2.17. The van der Waals surface area contributed by atoms with E-state index in [9.17, 15) is 0 Å². The Hall–Kier alpha value is -1.10. The normalized spacial score (nSPS) is 10.3. The van der Waals surface area contributed by atoms with Crippen LogP contribution in [0.4, 0.5) is 0 Å². The molecule has 2 N–H and O–H groups in total. The Bertz CT molecular complexity index is 516. The molecule has 0 saturated carbocycles. The number of ether oxygens (including phenoxy) is 1. The van der Waals surface area contributed by atoms with Gasteiger partial charge in [-0.15, -0.1) is 0 Å². The summed E-state index contributed by atoms with van der Waals surface area (Å²) in [6, 6.07) is 9.02. The van der Waals surface area contributed by atoms with Crippen LogP contribution in [-0.2, 0) is 6.54 Å². The molecule has 3 nitrogen and oxygen atoms in total. The number of pyridine rings is 1. The second-order valence-corrected chi connectivity index (χ2v) is 4.70. The lowest BCUT2D eigenvalue weighted by Crippen LogP contribution is -1.97. The Morgan fingerprint density at radius 3 is 2.71 bits per heavy atom. The van der Waals surface area contributed by atoms with Gasteiger partial charge >= 0.3 is 0 Å². The molecule has 0 unspecified atom stereocenters. The summed E-state index contributed by atoms with van der Waals surface area (Å²) < 4.78 is 6.46. The van der Waals surface area contributed by atoms with Gasteiger partial charge in [0.05, 0.1) is 0 Å². The zero-order chi connectivity index (χ0) is 12.3. The van der Waals surface area contributed by atoms with Crippen molar-refractivity contribution in [1.82, 2.24) is 4.98 Å². The Labute approximate surface area is 113 Å². The first-order valence-corrected chi connectivity index (χ1v) is 6.14. The van der Waals surface area contributed by atoms with E-state index in [2.05, 4.69) is 20.9 Å². The fraction of sp³-hybridized carbons (Fsp3) is 0.0833. The van der Waals surface area contributed by atoms with Crippen LogP contribution in [0.1, 0.15) is 5.56 Å². The first-order valence-electron chi connectivity index (χ1n) is 4.97. The molecular weight excluding hydrogens is 304 g/mol. The molecule has 1 aromatic heterocycles. The maximum atomic E-state index is 6.03. The van der Waals surface area contributed by atoms with Crippen LogP contribution in [0.25, 0.3) is 0 Å². The van der Waals surface area contributed by atoms with Gasteiger partial charge in [0, 0.05) is 28.3 Å². The van der Waals surface area contributed by atoms with Gasteiger partial charge < -0.3 is 10.5 Å². The third-order valence-corrected chi connectivity index (χ3v) is 2.99. The van der Waals surface area contributed by atoms with Gasteiger partial charge in [-0.25, -0.2) is 4.98 Å². The van der Waals surface area contributed by atoms with Crippen LogP contribution in [0.5, 0.6) is 11.6 Å². The zero-order valence-corrected chi connectivity index (χ0v) is 11.2. The Morgan fingerprint density at radius 2 is 2.12 bits per heavy atom. The lowest BCUT2D eigenvalue weighted by Gasteiger charge is -2.07. The minimum atomic E-state index is 0.412. The van der Waals surface area contributed by atoms with Crippen LogP contribution in [0.15, 0.2) is 41.0 Å².